The number of carbonyl (C=O) groups excluding carboxylic acids is 1. The maximum absolute atomic E-state index is 12.6. The van der Waals surface area contributed by atoms with Gasteiger partial charge in [0.05, 0.1) is 16.6 Å². The zero-order chi connectivity index (χ0) is 15.7. The lowest BCUT2D eigenvalue weighted by atomic mass is 10.0. The van der Waals surface area contributed by atoms with Crippen LogP contribution in [0.5, 0.6) is 0 Å². The van der Waals surface area contributed by atoms with Gasteiger partial charge in [0.1, 0.15) is 0 Å². The number of aryl methyl sites for hydroxylation is 1. The van der Waals surface area contributed by atoms with E-state index in [2.05, 4.69) is 29.3 Å². The summed E-state index contributed by atoms with van der Waals surface area (Å²) in [6, 6.07) is 1.95. The first kappa shape index (κ1) is 15.5. The Kier molecular flexibility index (Phi) is 4.30. The lowest BCUT2D eigenvalue weighted by molar-refractivity contribution is 0.0932. The Balaban J connectivity index is 2.50. The van der Waals surface area contributed by atoms with Gasteiger partial charge in [0.2, 0.25) is 0 Å². The molecule has 2 heterocycles. The summed E-state index contributed by atoms with van der Waals surface area (Å²) in [6.07, 6.45) is 0. The summed E-state index contributed by atoms with van der Waals surface area (Å²) in [5.74, 6) is 0.491. The molecule has 0 fully saturated rings. The van der Waals surface area contributed by atoms with Gasteiger partial charge in [-0.1, -0.05) is 32.9 Å². The maximum atomic E-state index is 12.6. The molecule has 1 N–H and O–H groups in total. The molecule has 0 aliphatic carbocycles. The van der Waals surface area contributed by atoms with Crippen LogP contribution in [0.25, 0.3) is 11.1 Å². The van der Waals surface area contributed by atoms with Gasteiger partial charge in [-0.05, 0) is 31.7 Å². The van der Waals surface area contributed by atoms with Crippen LogP contribution in [-0.2, 0) is 0 Å². The molecular weight excluding hydrogens is 266 g/mol. The second-order valence-electron chi connectivity index (χ2n) is 6.20. The molecule has 1 atom stereocenters. The number of nitrogens with zero attached hydrogens (tertiary/aromatic N) is 2. The van der Waals surface area contributed by atoms with Crippen molar-refractivity contribution in [2.24, 2.45) is 5.92 Å². The number of amides is 1. The summed E-state index contributed by atoms with van der Waals surface area (Å²) in [7, 11) is 0. The molecule has 0 spiro atoms. The predicted molar refractivity (Wildman–Crippen MR) is 82.4 cm³/mol. The highest BCUT2D eigenvalue weighted by Crippen LogP contribution is 2.25. The molecule has 2 rings (SSSR count). The number of carbonyl (C=O) groups is 1. The number of pyridine rings is 1. The molecule has 0 aliphatic heterocycles. The first-order chi connectivity index (χ1) is 9.81. The molecule has 2 aromatic rings. The number of rotatable bonds is 4. The molecule has 0 radical (unpaired) electrons. The van der Waals surface area contributed by atoms with E-state index in [9.17, 15) is 4.79 Å². The van der Waals surface area contributed by atoms with Crippen LogP contribution >= 0.6 is 0 Å². The van der Waals surface area contributed by atoms with E-state index in [0.29, 0.717) is 28.3 Å². The van der Waals surface area contributed by atoms with Gasteiger partial charge in [0.25, 0.3) is 11.6 Å². The van der Waals surface area contributed by atoms with Crippen LogP contribution in [0, 0.1) is 12.8 Å². The molecule has 0 aromatic carbocycles. The van der Waals surface area contributed by atoms with Crippen molar-refractivity contribution in [1.29, 1.82) is 0 Å². The second-order valence-corrected chi connectivity index (χ2v) is 6.20. The normalized spacial score (nSPS) is 13.1. The van der Waals surface area contributed by atoms with Crippen molar-refractivity contribution >= 4 is 17.0 Å². The highest BCUT2D eigenvalue weighted by atomic mass is 16.5. The minimum atomic E-state index is -0.100. The summed E-state index contributed by atoms with van der Waals surface area (Å²) in [5, 5.41) is 7.67. The number of aromatic nitrogens is 2. The van der Waals surface area contributed by atoms with E-state index in [4.69, 9.17) is 4.52 Å². The van der Waals surface area contributed by atoms with Crippen LogP contribution in [0.15, 0.2) is 10.6 Å². The zero-order valence-corrected chi connectivity index (χ0v) is 13.5. The van der Waals surface area contributed by atoms with Gasteiger partial charge in [0, 0.05) is 11.7 Å². The third-order valence-electron chi connectivity index (χ3n) is 3.83. The van der Waals surface area contributed by atoms with Gasteiger partial charge < -0.3 is 9.84 Å². The molecule has 0 aliphatic rings. The number of hydrogen-bond donors (Lipinski definition) is 1. The van der Waals surface area contributed by atoms with E-state index >= 15 is 0 Å². The van der Waals surface area contributed by atoms with Crippen molar-refractivity contribution in [3.8, 4) is 0 Å². The average molecular weight is 289 g/mol. The largest absolute Gasteiger partial charge is 0.349 e. The molecule has 0 bridgehead atoms. The Bertz CT molecular complexity index is 659. The number of nitrogens with one attached hydrogen (secondary N) is 1. The van der Waals surface area contributed by atoms with Crippen LogP contribution in [0.4, 0.5) is 0 Å². The Morgan fingerprint density at radius 1 is 1.24 bits per heavy atom. The van der Waals surface area contributed by atoms with E-state index in [1.165, 1.54) is 0 Å². The van der Waals surface area contributed by atoms with Gasteiger partial charge in [-0.15, -0.1) is 0 Å². The highest BCUT2D eigenvalue weighted by Gasteiger charge is 2.21. The summed E-state index contributed by atoms with van der Waals surface area (Å²) < 4.78 is 5.24. The summed E-state index contributed by atoms with van der Waals surface area (Å²) in [4.78, 5) is 17.0. The predicted octanol–water partition coefficient (Wildman–Crippen LogP) is 3.43. The monoisotopic (exact) mass is 289 g/mol. The van der Waals surface area contributed by atoms with Crippen molar-refractivity contribution in [3.05, 3.63) is 23.0 Å². The number of hydrogen-bond acceptors (Lipinski definition) is 4. The molecule has 0 saturated carbocycles. The highest BCUT2D eigenvalue weighted by molar-refractivity contribution is 6.06. The summed E-state index contributed by atoms with van der Waals surface area (Å²) in [5.41, 5.74) is 2.55. The average Bonchev–Trinajstić information content (AvgIpc) is 2.79. The molecule has 0 saturated heterocycles. The molecule has 5 heteroatoms. The molecule has 5 nitrogen and oxygen atoms in total. The smallest absolute Gasteiger partial charge is 0.259 e. The lowest BCUT2D eigenvalue weighted by Gasteiger charge is -2.18. The second kappa shape index (κ2) is 5.84. The van der Waals surface area contributed by atoms with Gasteiger partial charge in [-0.3, -0.25) is 4.79 Å². The molecule has 21 heavy (non-hydrogen) atoms. The fraction of sp³-hybridized carbons (Fsp3) is 0.562. The van der Waals surface area contributed by atoms with Gasteiger partial charge >= 0.3 is 0 Å². The van der Waals surface area contributed by atoms with E-state index in [1.807, 2.05) is 33.8 Å². The van der Waals surface area contributed by atoms with Gasteiger partial charge in [-0.25, -0.2) is 4.98 Å². The van der Waals surface area contributed by atoms with Crippen molar-refractivity contribution in [1.82, 2.24) is 15.5 Å². The maximum Gasteiger partial charge on any atom is 0.259 e. The molecule has 2 aromatic heterocycles. The Hall–Kier alpha value is -1.91. The third kappa shape index (κ3) is 3.06. The van der Waals surface area contributed by atoms with Crippen molar-refractivity contribution in [2.75, 3.05) is 0 Å². The Labute approximate surface area is 125 Å². The fourth-order valence-electron chi connectivity index (χ4n) is 2.04. The van der Waals surface area contributed by atoms with E-state index < -0.39 is 0 Å². The molecule has 1 amide bonds. The topological polar surface area (TPSA) is 68.0 Å². The quantitative estimate of drug-likeness (QED) is 0.936. The summed E-state index contributed by atoms with van der Waals surface area (Å²) in [6.45, 7) is 12.1. The van der Waals surface area contributed by atoms with Crippen LogP contribution < -0.4 is 5.32 Å². The van der Waals surface area contributed by atoms with Crippen LogP contribution in [0.1, 0.15) is 62.3 Å². The third-order valence-corrected chi connectivity index (χ3v) is 3.83. The van der Waals surface area contributed by atoms with Gasteiger partial charge in [0.15, 0.2) is 0 Å². The lowest BCUT2D eigenvalue weighted by Crippen LogP contribution is -2.36. The standard InChI is InChI=1S/C16H23N3O2/c1-8(2)10(5)17-15(20)12-7-13(9(3)4)18-16-14(12)11(6)19-21-16/h7-10H,1-6H3,(H,17,20). The van der Waals surface area contributed by atoms with Crippen LogP contribution in [0.3, 0.4) is 0 Å². The van der Waals surface area contributed by atoms with Crippen molar-refractivity contribution < 1.29 is 9.32 Å². The molecule has 1 unspecified atom stereocenters. The van der Waals surface area contributed by atoms with E-state index in [-0.39, 0.29) is 17.9 Å². The van der Waals surface area contributed by atoms with Crippen LogP contribution in [-0.4, -0.2) is 22.1 Å². The zero-order valence-electron chi connectivity index (χ0n) is 13.5. The van der Waals surface area contributed by atoms with Crippen LogP contribution in [0.2, 0.25) is 0 Å². The first-order valence-electron chi connectivity index (χ1n) is 7.39. The molecular formula is C16H23N3O2. The number of fused-ring (bicyclic) bond motifs is 1. The first-order valence-corrected chi connectivity index (χ1v) is 7.39. The minimum absolute atomic E-state index is 0.100. The Morgan fingerprint density at radius 3 is 2.48 bits per heavy atom. The summed E-state index contributed by atoms with van der Waals surface area (Å²) >= 11 is 0. The van der Waals surface area contributed by atoms with E-state index in [0.717, 1.165) is 5.69 Å². The van der Waals surface area contributed by atoms with Crippen molar-refractivity contribution in [2.45, 2.75) is 53.5 Å². The fourth-order valence-corrected chi connectivity index (χ4v) is 2.04. The van der Waals surface area contributed by atoms with Gasteiger partial charge in [-0.2, -0.15) is 0 Å². The van der Waals surface area contributed by atoms with Crippen molar-refractivity contribution in [3.63, 3.8) is 0 Å². The Morgan fingerprint density at radius 2 is 1.90 bits per heavy atom. The minimum Gasteiger partial charge on any atom is -0.349 e. The SMILES string of the molecule is Cc1noc2nc(C(C)C)cc(C(=O)NC(C)C(C)C)c12. The van der Waals surface area contributed by atoms with E-state index in [1.54, 1.807) is 0 Å². The molecule has 114 valence electrons.